The first-order valence-electron chi connectivity index (χ1n) is 6.51. The summed E-state index contributed by atoms with van der Waals surface area (Å²) in [6.45, 7) is 3.06. The van der Waals surface area contributed by atoms with Gasteiger partial charge in [-0.25, -0.2) is 4.39 Å². The fourth-order valence-corrected chi connectivity index (χ4v) is 3.60. The minimum absolute atomic E-state index is 0.146. The highest BCUT2D eigenvalue weighted by atomic mass is 79.9. The lowest BCUT2D eigenvalue weighted by molar-refractivity contribution is 0.514. The van der Waals surface area contributed by atoms with E-state index in [9.17, 15) is 4.39 Å². The molecule has 0 saturated carbocycles. The lowest BCUT2D eigenvalue weighted by Crippen LogP contribution is -2.24. The van der Waals surface area contributed by atoms with Crippen LogP contribution in [-0.2, 0) is 6.42 Å². The monoisotopic (exact) mass is 419 g/mol. The van der Waals surface area contributed by atoms with Crippen molar-refractivity contribution in [2.75, 3.05) is 6.54 Å². The quantitative estimate of drug-likeness (QED) is 0.632. The van der Waals surface area contributed by atoms with E-state index >= 15 is 0 Å². The largest absolute Gasteiger partial charge is 0.310 e. The maximum Gasteiger partial charge on any atom is 0.127 e. The Balaban J connectivity index is 2.18. The van der Waals surface area contributed by atoms with Crippen molar-refractivity contribution in [3.63, 3.8) is 0 Å². The third-order valence-corrected chi connectivity index (χ3v) is 5.09. The van der Waals surface area contributed by atoms with Gasteiger partial charge in [-0.05, 0) is 70.0 Å². The van der Waals surface area contributed by atoms with Gasteiger partial charge in [-0.15, -0.1) is 11.3 Å². The van der Waals surface area contributed by atoms with Crippen molar-refractivity contribution in [1.82, 2.24) is 5.32 Å². The normalized spacial score (nSPS) is 12.6. The van der Waals surface area contributed by atoms with Crippen LogP contribution in [0.4, 0.5) is 4.39 Å². The molecule has 108 valence electrons. The number of nitrogens with one attached hydrogen (secondary N) is 1. The minimum Gasteiger partial charge on any atom is -0.310 e. The summed E-state index contributed by atoms with van der Waals surface area (Å²) in [4.78, 5) is 0. The van der Waals surface area contributed by atoms with E-state index in [4.69, 9.17) is 0 Å². The second-order valence-electron chi connectivity index (χ2n) is 4.63. The van der Waals surface area contributed by atoms with Gasteiger partial charge in [-0.1, -0.05) is 28.9 Å². The fourth-order valence-electron chi connectivity index (χ4n) is 2.04. The number of rotatable bonds is 6. The zero-order valence-electron chi connectivity index (χ0n) is 11.1. The molecule has 5 heteroatoms. The van der Waals surface area contributed by atoms with Crippen molar-refractivity contribution in [1.29, 1.82) is 0 Å². The first-order valence-corrected chi connectivity index (χ1v) is 8.98. The summed E-state index contributed by atoms with van der Waals surface area (Å²) in [5.74, 6) is -0.156. The molecule has 1 heterocycles. The molecular weight excluding hydrogens is 405 g/mol. The minimum atomic E-state index is -0.156. The second kappa shape index (κ2) is 7.69. The van der Waals surface area contributed by atoms with Crippen LogP contribution >= 0.6 is 43.2 Å². The topological polar surface area (TPSA) is 12.0 Å². The molecule has 0 aliphatic rings. The van der Waals surface area contributed by atoms with Crippen molar-refractivity contribution in [2.45, 2.75) is 25.8 Å². The standard InChI is InChI=1S/C15H16Br2FNS/c1-2-5-19-14(11-7-15(17)20-9-11)6-10-3-4-12(16)8-13(10)18/h3-4,7-9,14,19H,2,5-6H2,1H3. The van der Waals surface area contributed by atoms with Gasteiger partial charge in [0.2, 0.25) is 0 Å². The number of benzene rings is 1. The van der Waals surface area contributed by atoms with Crippen LogP contribution in [0.5, 0.6) is 0 Å². The molecule has 0 radical (unpaired) electrons. The highest BCUT2D eigenvalue weighted by Crippen LogP contribution is 2.28. The Morgan fingerprint density at radius 3 is 2.70 bits per heavy atom. The predicted octanol–water partition coefficient (Wildman–Crippen LogP) is 5.70. The van der Waals surface area contributed by atoms with Gasteiger partial charge in [-0.3, -0.25) is 0 Å². The van der Waals surface area contributed by atoms with Crippen molar-refractivity contribution in [2.24, 2.45) is 0 Å². The summed E-state index contributed by atoms with van der Waals surface area (Å²) in [6.07, 6.45) is 1.72. The molecule has 1 aromatic heterocycles. The predicted molar refractivity (Wildman–Crippen MR) is 90.9 cm³/mol. The van der Waals surface area contributed by atoms with E-state index in [1.165, 1.54) is 11.6 Å². The third kappa shape index (κ3) is 4.38. The van der Waals surface area contributed by atoms with Crippen LogP contribution in [0.15, 0.2) is 37.9 Å². The molecular formula is C15H16Br2FNS. The molecule has 1 N–H and O–H groups in total. The van der Waals surface area contributed by atoms with Crippen LogP contribution in [0.3, 0.4) is 0 Å². The van der Waals surface area contributed by atoms with Crippen LogP contribution in [0, 0.1) is 5.82 Å². The van der Waals surface area contributed by atoms with E-state index in [2.05, 4.69) is 55.5 Å². The van der Waals surface area contributed by atoms with Crippen LogP contribution in [0.1, 0.15) is 30.5 Å². The molecule has 0 saturated heterocycles. The van der Waals surface area contributed by atoms with Gasteiger partial charge in [0.15, 0.2) is 0 Å². The Bertz CT molecular complexity index is 571. The van der Waals surface area contributed by atoms with Gasteiger partial charge in [-0.2, -0.15) is 0 Å². The third-order valence-electron chi connectivity index (χ3n) is 3.07. The lowest BCUT2D eigenvalue weighted by atomic mass is 10.0. The smallest absolute Gasteiger partial charge is 0.127 e. The summed E-state index contributed by atoms with van der Waals surface area (Å²) in [7, 11) is 0. The summed E-state index contributed by atoms with van der Waals surface area (Å²) in [6, 6.07) is 7.51. The molecule has 2 aromatic rings. The molecule has 1 aromatic carbocycles. The molecule has 0 amide bonds. The number of thiophene rings is 1. The van der Waals surface area contributed by atoms with Crippen LogP contribution in [0.2, 0.25) is 0 Å². The molecule has 0 aliphatic carbocycles. The first kappa shape index (κ1) is 16.1. The van der Waals surface area contributed by atoms with E-state index in [0.717, 1.165) is 26.8 Å². The summed E-state index contributed by atoms with van der Waals surface area (Å²) in [5, 5.41) is 5.62. The molecule has 0 fully saturated rings. The van der Waals surface area contributed by atoms with Gasteiger partial charge < -0.3 is 5.32 Å². The van der Waals surface area contributed by atoms with Crippen LogP contribution < -0.4 is 5.32 Å². The maximum absolute atomic E-state index is 14.0. The van der Waals surface area contributed by atoms with Crippen LogP contribution in [0.25, 0.3) is 0 Å². The van der Waals surface area contributed by atoms with Gasteiger partial charge in [0, 0.05) is 10.5 Å². The summed E-state index contributed by atoms with van der Waals surface area (Å²) >= 11 is 8.44. The van der Waals surface area contributed by atoms with Crippen molar-refractivity contribution in [3.05, 3.63) is 54.8 Å². The van der Waals surface area contributed by atoms with E-state index < -0.39 is 0 Å². The molecule has 1 nitrogen and oxygen atoms in total. The van der Waals surface area contributed by atoms with E-state index in [-0.39, 0.29) is 11.9 Å². The van der Waals surface area contributed by atoms with Crippen LogP contribution in [-0.4, -0.2) is 6.54 Å². The van der Waals surface area contributed by atoms with Crippen molar-refractivity contribution >= 4 is 43.2 Å². The molecule has 0 bridgehead atoms. The molecule has 1 unspecified atom stereocenters. The van der Waals surface area contributed by atoms with Gasteiger partial charge in [0.05, 0.1) is 3.79 Å². The van der Waals surface area contributed by atoms with E-state index in [0.29, 0.717) is 6.42 Å². The summed E-state index contributed by atoms with van der Waals surface area (Å²) < 4.78 is 15.9. The molecule has 1 atom stereocenters. The van der Waals surface area contributed by atoms with Gasteiger partial charge >= 0.3 is 0 Å². The Kier molecular flexibility index (Phi) is 6.20. The highest BCUT2D eigenvalue weighted by molar-refractivity contribution is 9.11. The lowest BCUT2D eigenvalue weighted by Gasteiger charge is -2.18. The molecule has 0 aliphatic heterocycles. The van der Waals surface area contributed by atoms with Crippen molar-refractivity contribution < 1.29 is 4.39 Å². The zero-order valence-corrected chi connectivity index (χ0v) is 15.1. The number of hydrogen-bond acceptors (Lipinski definition) is 2. The van der Waals surface area contributed by atoms with E-state index in [1.54, 1.807) is 11.3 Å². The van der Waals surface area contributed by atoms with E-state index in [1.807, 2.05) is 12.1 Å². The Labute approximate surface area is 139 Å². The number of hydrogen-bond donors (Lipinski definition) is 1. The molecule has 2 rings (SSSR count). The SMILES string of the molecule is CCCNC(Cc1ccc(Br)cc1F)c1csc(Br)c1. The Morgan fingerprint density at radius 2 is 2.10 bits per heavy atom. The Hall–Kier alpha value is -0.230. The van der Waals surface area contributed by atoms with Gasteiger partial charge in [0.25, 0.3) is 0 Å². The Morgan fingerprint density at radius 1 is 1.30 bits per heavy atom. The molecule has 20 heavy (non-hydrogen) atoms. The maximum atomic E-state index is 14.0. The molecule has 0 spiro atoms. The first-order chi connectivity index (χ1) is 9.60. The zero-order chi connectivity index (χ0) is 14.5. The summed E-state index contributed by atoms with van der Waals surface area (Å²) in [5.41, 5.74) is 1.95. The average Bonchev–Trinajstić information content (AvgIpc) is 2.83. The fraction of sp³-hybridized carbons (Fsp3) is 0.333. The number of halogens is 3. The second-order valence-corrected chi connectivity index (χ2v) is 7.84. The average molecular weight is 421 g/mol. The highest BCUT2D eigenvalue weighted by Gasteiger charge is 2.15. The van der Waals surface area contributed by atoms with Crippen molar-refractivity contribution in [3.8, 4) is 0 Å². The van der Waals surface area contributed by atoms with Gasteiger partial charge in [0.1, 0.15) is 5.82 Å².